The Morgan fingerprint density at radius 3 is 3.07 bits per heavy atom. The Kier molecular flexibility index (Phi) is 5.21. The maximum absolute atomic E-state index is 13.7. The molecule has 0 spiro atoms. The third kappa shape index (κ3) is 3.25. The molecule has 1 rings (SSSR count). The van der Waals surface area contributed by atoms with Crippen molar-refractivity contribution in [1.29, 1.82) is 0 Å². The highest BCUT2D eigenvalue weighted by molar-refractivity contribution is 9.10. The molecule has 1 aromatic heterocycles. The van der Waals surface area contributed by atoms with Crippen LogP contribution in [0, 0.1) is 0 Å². The molecular formula is C9H15BrFN3O. The third-order valence-electron chi connectivity index (χ3n) is 2.06. The van der Waals surface area contributed by atoms with Crippen molar-refractivity contribution >= 4 is 15.9 Å². The first-order valence-electron chi connectivity index (χ1n) is 4.75. The van der Waals surface area contributed by atoms with Gasteiger partial charge in [0, 0.05) is 7.11 Å². The summed E-state index contributed by atoms with van der Waals surface area (Å²) in [6.07, 6.45) is 0.814. The fourth-order valence-corrected chi connectivity index (χ4v) is 1.87. The lowest BCUT2D eigenvalue weighted by molar-refractivity contribution is 0.179. The molecule has 0 fully saturated rings. The summed E-state index contributed by atoms with van der Waals surface area (Å²) in [5.74, 6) is 0. The molecule has 0 saturated carbocycles. The Hall–Kier alpha value is -0.460. The molecule has 0 saturated heterocycles. The SMILES string of the molecule is COCCn1ncc(Br)c1C(F)CCN. The molecule has 0 bridgehead atoms. The normalized spacial score (nSPS) is 13.1. The van der Waals surface area contributed by atoms with E-state index in [1.807, 2.05) is 0 Å². The van der Waals surface area contributed by atoms with Crippen LogP contribution < -0.4 is 5.73 Å². The van der Waals surface area contributed by atoms with Gasteiger partial charge in [-0.2, -0.15) is 5.10 Å². The number of hydrogen-bond acceptors (Lipinski definition) is 3. The third-order valence-corrected chi connectivity index (χ3v) is 2.67. The maximum atomic E-state index is 13.7. The molecule has 6 heteroatoms. The van der Waals surface area contributed by atoms with Crippen LogP contribution in [0.4, 0.5) is 4.39 Å². The minimum atomic E-state index is -1.08. The van der Waals surface area contributed by atoms with Gasteiger partial charge in [-0.15, -0.1) is 0 Å². The summed E-state index contributed by atoms with van der Waals surface area (Å²) in [5, 5.41) is 4.07. The van der Waals surface area contributed by atoms with Gasteiger partial charge in [0.25, 0.3) is 0 Å². The number of rotatable bonds is 6. The van der Waals surface area contributed by atoms with Crippen LogP contribution in [0.5, 0.6) is 0 Å². The van der Waals surface area contributed by atoms with E-state index < -0.39 is 6.17 Å². The van der Waals surface area contributed by atoms with Gasteiger partial charge < -0.3 is 10.5 Å². The zero-order valence-electron chi connectivity index (χ0n) is 8.62. The molecule has 4 nitrogen and oxygen atoms in total. The van der Waals surface area contributed by atoms with E-state index in [1.165, 1.54) is 0 Å². The summed E-state index contributed by atoms with van der Waals surface area (Å²) < 4.78 is 20.9. The van der Waals surface area contributed by atoms with Crippen LogP contribution >= 0.6 is 15.9 Å². The van der Waals surface area contributed by atoms with E-state index in [2.05, 4.69) is 21.0 Å². The molecular weight excluding hydrogens is 265 g/mol. The standard InChI is InChI=1S/C9H15BrFN3O/c1-15-5-4-14-9(7(10)6-13-14)8(11)2-3-12/h6,8H,2-5,12H2,1H3. The predicted octanol–water partition coefficient (Wildman–Crippen LogP) is 1.65. The van der Waals surface area contributed by atoms with Crippen molar-refractivity contribution in [2.75, 3.05) is 20.3 Å². The minimum Gasteiger partial charge on any atom is -0.383 e. The summed E-state index contributed by atoms with van der Waals surface area (Å²) in [6.45, 7) is 1.38. The van der Waals surface area contributed by atoms with E-state index in [9.17, 15) is 4.39 Å². The van der Waals surface area contributed by atoms with Gasteiger partial charge in [0.05, 0.1) is 29.5 Å². The quantitative estimate of drug-likeness (QED) is 0.862. The second kappa shape index (κ2) is 6.19. The van der Waals surface area contributed by atoms with Gasteiger partial charge in [0.2, 0.25) is 0 Å². The van der Waals surface area contributed by atoms with Crippen molar-refractivity contribution in [2.45, 2.75) is 19.1 Å². The topological polar surface area (TPSA) is 53.1 Å². The summed E-state index contributed by atoms with van der Waals surface area (Å²) in [4.78, 5) is 0. The number of nitrogens with zero attached hydrogens (tertiary/aromatic N) is 2. The van der Waals surface area contributed by atoms with Crippen LogP contribution in [0.3, 0.4) is 0 Å². The monoisotopic (exact) mass is 279 g/mol. The van der Waals surface area contributed by atoms with Crippen LogP contribution in [0.25, 0.3) is 0 Å². The number of ether oxygens (including phenoxy) is 1. The van der Waals surface area contributed by atoms with E-state index in [0.717, 1.165) is 0 Å². The number of aromatic nitrogens is 2. The molecule has 0 aromatic carbocycles. The van der Waals surface area contributed by atoms with Crippen molar-refractivity contribution in [3.63, 3.8) is 0 Å². The first-order chi connectivity index (χ1) is 7.20. The number of hydrogen-bond donors (Lipinski definition) is 1. The predicted molar refractivity (Wildman–Crippen MR) is 59.3 cm³/mol. The molecule has 1 unspecified atom stereocenters. The van der Waals surface area contributed by atoms with Crippen molar-refractivity contribution in [3.8, 4) is 0 Å². The van der Waals surface area contributed by atoms with Crippen molar-refractivity contribution in [3.05, 3.63) is 16.4 Å². The first-order valence-corrected chi connectivity index (χ1v) is 5.54. The Morgan fingerprint density at radius 2 is 2.47 bits per heavy atom. The largest absolute Gasteiger partial charge is 0.383 e. The van der Waals surface area contributed by atoms with Gasteiger partial charge in [-0.1, -0.05) is 0 Å². The van der Waals surface area contributed by atoms with Crippen molar-refractivity contribution in [1.82, 2.24) is 9.78 Å². The van der Waals surface area contributed by atoms with E-state index in [0.29, 0.717) is 36.3 Å². The number of halogens is 2. The van der Waals surface area contributed by atoms with E-state index in [4.69, 9.17) is 10.5 Å². The van der Waals surface area contributed by atoms with Gasteiger partial charge in [-0.3, -0.25) is 4.68 Å². The Morgan fingerprint density at radius 1 is 1.73 bits per heavy atom. The number of nitrogens with two attached hydrogens (primary N) is 1. The summed E-state index contributed by atoms with van der Waals surface area (Å²) in [6, 6.07) is 0. The van der Waals surface area contributed by atoms with Gasteiger partial charge in [-0.25, -0.2) is 4.39 Å². The highest BCUT2D eigenvalue weighted by Crippen LogP contribution is 2.28. The average Bonchev–Trinajstić information content (AvgIpc) is 2.57. The Bertz CT molecular complexity index is 306. The van der Waals surface area contributed by atoms with Crippen LogP contribution in [0.2, 0.25) is 0 Å². The lowest BCUT2D eigenvalue weighted by Gasteiger charge is -2.11. The van der Waals surface area contributed by atoms with Crippen molar-refractivity contribution in [2.24, 2.45) is 5.73 Å². The zero-order valence-corrected chi connectivity index (χ0v) is 10.2. The minimum absolute atomic E-state index is 0.303. The molecule has 0 aliphatic carbocycles. The fourth-order valence-electron chi connectivity index (χ4n) is 1.32. The lowest BCUT2D eigenvalue weighted by Crippen LogP contribution is -2.13. The molecule has 1 aromatic rings. The maximum Gasteiger partial charge on any atom is 0.144 e. The van der Waals surface area contributed by atoms with Crippen LogP contribution in [0.15, 0.2) is 10.7 Å². The number of alkyl halides is 1. The highest BCUT2D eigenvalue weighted by atomic mass is 79.9. The smallest absolute Gasteiger partial charge is 0.144 e. The van der Waals surface area contributed by atoms with E-state index >= 15 is 0 Å². The van der Waals surface area contributed by atoms with Crippen LogP contribution in [-0.2, 0) is 11.3 Å². The lowest BCUT2D eigenvalue weighted by atomic mass is 10.2. The van der Waals surface area contributed by atoms with E-state index in [-0.39, 0.29) is 0 Å². The molecule has 1 heterocycles. The van der Waals surface area contributed by atoms with Gasteiger partial charge >= 0.3 is 0 Å². The molecule has 1 atom stereocenters. The van der Waals surface area contributed by atoms with Crippen molar-refractivity contribution < 1.29 is 9.13 Å². The Balaban J connectivity index is 2.78. The fraction of sp³-hybridized carbons (Fsp3) is 0.667. The summed E-state index contributed by atoms with van der Waals surface area (Å²) >= 11 is 3.27. The van der Waals surface area contributed by atoms with Crippen LogP contribution in [-0.4, -0.2) is 30.0 Å². The number of methoxy groups -OCH3 is 1. The first kappa shape index (κ1) is 12.6. The molecule has 0 radical (unpaired) electrons. The van der Waals surface area contributed by atoms with Crippen LogP contribution in [0.1, 0.15) is 18.3 Å². The molecule has 2 N–H and O–H groups in total. The van der Waals surface area contributed by atoms with Gasteiger partial charge in [-0.05, 0) is 28.9 Å². The highest BCUT2D eigenvalue weighted by Gasteiger charge is 2.18. The second-order valence-electron chi connectivity index (χ2n) is 3.14. The summed E-state index contributed by atoms with van der Waals surface area (Å²) in [5.41, 5.74) is 5.87. The molecule has 86 valence electrons. The second-order valence-corrected chi connectivity index (χ2v) is 3.99. The molecule has 0 aliphatic heterocycles. The average molecular weight is 280 g/mol. The Labute approximate surface area is 96.7 Å². The molecule has 0 aliphatic rings. The molecule has 0 amide bonds. The van der Waals surface area contributed by atoms with Gasteiger partial charge in [0.1, 0.15) is 6.17 Å². The summed E-state index contributed by atoms with van der Waals surface area (Å²) in [7, 11) is 1.60. The van der Waals surface area contributed by atoms with E-state index in [1.54, 1.807) is 18.0 Å². The molecule has 15 heavy (non-hydrogen) atoms. The van der Waals surface area contributed by atoms with Gasteiger partial charge in [0.15, 0.2) is 0 Å². The zero-order chi connectivity index (χ0) is 11.3.